The molecule has 1 atom stereocenters. The van der Waals surface area contributed by atoms with Crippen LogP contribution in [0.3, 0.4) is 0 Å². The van der Waals surface area contributed by atoms with Crippen LogP contribution in [0.15, 0.2) is 46.0 Å². The standard InChI is InChI=1S/C19H26N4O3.HI/c1-20-19(21-9-11-24-14-17-8-5-10-25-17)22-12-16-13-26-18(23-16)15-6-3-2-4-7-15;/h2-4,6-7,13,17H,5,8-12,14H2,1H3,(H2,20,21,22);1H. The average molecular weight is 486 g/mol. The van der Waals surface area contributed by atoms with Gasteiger partial charge in [-0.05, 0) is 25.0 Å². The van der Waals surface area contributed by atoms with Crippen LogP contribution in [0, 0.1) is 0 Å². The van der Waals surface area contributed by atoms with Crippen LogP contribution in [0.1, 0.15) is 18.5 Å². The normalized spacial score (nSPS) is 16.8. The van der Waals surface area contributed by atoms with Crippen LogP contribution in [0.25, 0.3) is 11.5 Å². The molecule has 3 rings (SSSR count). The predicted molar refractivity (Wildman–Crippen MR) is 115 cm³/mol. The van der Waals surface area contributed by atoms with E-state index in [2.05, 4.69) is 20.6 Å². The minimum absolute atomic E-state index is 0. The number of aromatic nitrogens is 1. The summed E-state index contributed by atoms with van der Waals surface area (Å²) in [6.45, 7) is 3.35. The molecule has 0 radical (unpaired) electrons. The quantitative estimate of drug-likeness (QED) is 0.259. The number of hydrogen-bond acceptors (Lipinski definition) is 5. The second-order valence-corrected chi connectivity index (χ2v) is 6.07. The highest BCUT2D eigenvalue weighted by molar-refractivity contribution is 14.0. The van der Waals surface area contributed by atoms with Crippen LogP contribution in [0.5, 0.6) is 0 Å². The molecule has 0 spiro atoms. The fourth-order valence-electron chi connectivity index (χ4n) is 2.73. The first kappa shape index (κ1) is 21.6. The Morgan fingerprint density at radius 1 is 1.30 bits per heavy atom. The van der Waals surface area contributed by atoms with Gasteiger partial charge in [0.2, 0.25) is 5.89 Å². The Balaban J connectivity index is 0.00000261. The molecule has 2 heterocycles. The molecule has 0 aliphatic carbocycles. The molecule has 8 heteroatoms. The fourth-order valence-corrected chi connectivity index (χ4v) is 2.73. The molecule has 1 aromatic carbocycles. The van der Waals surface area contributed by atoms with Crippen LogP contribution >= 0.6 is 24.0 Å². The van der Waals surface area contributed by atoms with Gasteiger partial charge in [-0.3, -0.25) is 4.99 Å². The van der Waals surface area contributed by atoms with Crippen LogP contribution in [0.4, 0.5) is 0 Å². The summed E-state index contributed by atoms with van der Waals surface area (Å²) < 4.78 is 16.7. The van der Waals surface area contributed by atoms with E-state index in [0.29, 0.717) is 38.2 Å². The Bertz CT molecular complexity index is 687. The molecule has 1 fully saturated rings. The summed E-state index contributed by atoms with van der Waals surface area (Å²) >= 11 is 0. The molecule has 0 bridgehead atoms. The summed E-state index contributed by atoms with van der Waals surface area (Å²) in [4.78, 5) is 8.69. The third kappa shape index (κ3) is 7.11. The Morgan fingerprint density at radius 3 is 2.89 bits per heavy atom. The van der Waals surface area contributed by atoms with Crippen molar-refractivity contribution in [2.75, 3.05) is 33.4 Å². The third-order valence-electron chi connectivity index (χ3n) is 4.10. The molecule has 1 aliphatic heterocycles. The van der Waals surface area contributed by atoms with Crippen molar-refractivity contribution < 1.29 is 13.9 Å². The second-order valence-electron chi connectivity index (χ2n) is 6.07. The first-order valence-electron chi connectivity index (χ1n) is 8.99. The highest BCUT2D eigenvalue weighted by Gasteiger charge is 2.15. The van der Waals surface area contributed by atoms with Gasteiger partial charge in [-0.2, -0.15) is 0 Å². The average Bonchev–Trinajstić information content (AvgIpc) is 3.36. The number of aliphatic imine (C=N–C) groups is 1. The van der Waals surface area contributed by atoms with Crippen molar-refractivity contribution in [2.24, 2.45) is 4.99 Å². The van der Waals surface area contributed by atoms with E-state index >= 15 is 0 Å². The van der Waals surface area contributed by atoms with Gasteiger partial charge in [-0.15, -0.1) is 24.0 Å². The highest BCUT2D eigenvalue weighted by Crippen LogP contribution is 2.17. The van der Waals surface area contributed by atoms with E-state index in [4.69, 9.17) is 13.9 Å². The van der Waals surface area contributed by atoms with Gasteiger partial charge in [0.05, 0.1) is 31.6 Å². The lowest BCUT2D eigenvalue weighted by Crippen LogP contribution is -2.38. The Labute approximate surface area is 177 Å². The molecule has 27 heavy (non-hydrogen) atoms. The number of oxazole rings is 1. The minimum atomic E-state index is 0. The molecule has 1 unspecified atom stereocenters. The number of benzene rings is 1. The lowest BCUT2D eigenvalue weighted by atomic mass is 10.2. The molecular formula is C19H27IN4O3. The summed E-state index contributed by atoms with van der Waals surface area (Å²) in [6.07, 6.45) is 4.15. The first-order chi connectivity index (χ1) is 12.8. The monoisotopic (exact) mass is 486 g/mol. The molecule has 0 saturated carbocycles. The van der Waals surface area contributed by atoms with Crippen LogP contribution < -0.4 is 10.6 Å². The number of guanidine groups is 1. The maximum Gasteiger partial charge on any atom is 0.226 e. The number of halogens is 1. The molecule has 0 amide bonds. The number of ether oxygens (including phenoxy) is 2. The second kappa shape index (κ2) is 11.9. The smallest absolute Gasteiger partial charge is 0.226 e. The van der Waals surface area contributed by atoms with Gasteiger partial charge in [-0.1, -0.05) is 18.2 Å². The summed E-state index contributed by atoms with van der Waals surface area (Å²) in [5.74, 6) is 1.32. The maximum atomic E-state index is 5.63. The van der Waals surface area contributed by atoms with Crippen molar-refractivity contribution in [2.45, 2.75) is 25.5 Å². The summed E-state index contributed by atoms with van der Waals surface area (Å²) in [7, 11) is 1.74. The molecule has 2 aromatic rings. The van der Waals surface area contributed by atoms with E-state index < -0.39 is 0 Å². The van der Waals surface area contributed by atoms with E-state index in [1.165, 1.54) is 0 Å². The van der Waals surface area contributed by atoms with Gasteiger partial charge in [0.1, 0.15) is 6.26 Å². The van der Waals surface area contributed by atoms with Crippen molar-refractivity contribution in [1.82, 2.24) is 15.6 Å². The summed E-state index contributed by atoms with van der Waals surface area (Å²) in [5, 5.41) is 6.44. The van der Waals surface area contributed by atoms with E-state index in [1.807, 2.05) is 30.3 Å². The zero-order valence-corrected chi connectivity index (χ0v) is 17.8. The predicted octanol–water partition coefficient (Wildman–Crippen LogP) is 2.82. The van der Waals surface area contributed by atoms with Crippen molar-refractivity contribution in [3.05, 3.63) is 42.3 Å². The fraction of sp³-hybridized carbons (Fsp3) is 0.474. The van der Waals surface area contributed by atoms with Gasteiger partial charge in [-0.25, -0.2) is 4.98 Å². The van der Waals surface area contributed by atoms with Crippen molar-refractivity contribution >= 4 is 29.9 Å². The van der Waals surface area contributed by atoms with Gasteiger partial charge in [0.25, 0.3) is 0 Å². The maximum absolute atomic E-state index is 5.63. The molecule has 148 valence electrons. The summed E-state index contributed by atoms with van der Waals surface area (Å²) in [6, 6.07) is 9.84. The van der Waals surface area contributed by atoms with Crippen LogP contribution in [-0.4, -0.2) is 50.5 Å². The van der Waals surface area contributed by atoms with Gasteiger partial charge in [0.15, 0.2) is 5.96 Å². The number of rotatable bonds is 8. The molecule has 7 nitrogen and oxygen atoms in total. The minimum Gasteiger partial charge on any atom is -0.444 e. The van der Waals surface area contributed by atoms with E-state index in [9.17, 15) is 0 Å². The number of hydrogen-bond donors (Lipinski definition) is 2. The van der Waals surface area contributed by atoms with Crippen LogP contribution in [0.2, 0.25) is 0 Å². The number of nitrogens with one attached hydrogen (secondary N) is 2. The zero-order chi connectivity index (χ0) is 18.0. The molecule has 2 N–H and O–H groups in total. The summed E-state index contributed by atoms with van der Waals surface area (Å²) in [5.41, 5.74) is 1.78. The van der Waals surface area contributed by atoms with E-state index in [-0.39, 0.29) is 30.1 Å². The SMILES string of the molecule is CN=C(NCCOCC1CCCO1)NCc1coc(-c2ccccc2)n1.I. The van der Waals surface area contributed by atoms with Gasteiger partial charge < -0.3 is 24.5 Å². The Kier molecular flexibility index (Phi) is 9.57. The largest absolute Gasteiger partial charge is 0.444 e. The first-order valence-corrected chi connectivity index (χ1v) is 8.99. The zero-order valence-electron chi connectivity index (χ0n) is 15.5. The van der Waals surface area contributed by atoms with Gasteiger partial charge in [0, 0.05) is 25.8 Å². The van der Waals surface area contributed by atoms with Gasteiger partial charge >= 0.3 is 0 Å². The lowest BCUT2D eigenvalue weighted by Gasteiger charge is -2.12. The van der Waals surface area contributed by atoms with Crippen molar-refractivity contribution in [3.8, 4) is 11.5 Å². The topological polar surface area (TPSA) is 80.9 Å². The van der Waals surface area contributed by atoms with E-state index in [0.717, 1.165) is 30.7 Å². The van der Waals surface area contributed by atoms with Crippen LogP contribution in [-0.2, 0) is 16.0 Å². The highest BCUT2D eigenvalue weighted by atomic mass is 127. The van der Waals surface area contributed by atoms with Crippen molar-refractivity contribution in [1.29, 1.82) is 0 Å². The van der Waals surface area contributed by atoms with Crippen molar-refractivity contribution in [3.63, 3.8) is 0 Å². The molecular weight excluding hydrogens is 459 g/mol. The molecule has 1 saturated heterocycles. The molecule has 1 aromatic heterocycles. The third-order valence-corrected chi connectivity index (χ3v) is 4.10. The molecule has 1 aliphatic rings. The Morgan fingerprint density at radius 2 is 2.15 bits per heavy atom. The lowest BCUT2D eigenvalue weighted by molar-refractivity contribution is 0.0191. The number of nitrogens with zero attached hydrogens (tertiary/aromatic N) is 2. The Hall–Kier alpha value is -1.65. The van der Waals surface area contributed by atoms with E-state index in [1.54, 1.807) is 13.3 Å².